The molecule has 3 aromatic carbocycles. The van der Waals surface area contributed by atoms with Gasteiger partial charge in [0.2, 0.25) is 0 Å². The van der Waals surface area contributed by atoms with E-state index in [-0.39, 0.29) is 0 Å². The minimum absolute atomic E-state index is 1.17. The van der Waals surface area contributed by atoms with Gasteiger partial charge in [-0.3, -0.25) is 0 Å². The number of hydrogen-bond acceptors (Lipinski definition) is 3. The average molecular weight is 335 g/mol. The summed E-state index contributed by atoms with van der Waals surface area (Å²) in [4.78, 5) is 11.7. The van der Waals surface area contributed by atoms with Crippen LogP contribution in [0.1, 0.15) is 6.92 Å². The van der Waals surface area contributed by atoms with E-state index < -0.39 is 12.1 Å². The van der Waals surface area contributed by atoms with Gasteiger partial charge in [0, 0.05) is 17.1 Å². The van der Waals surface area contributed by atoms with E-state index >= 15 is 0 Å². The maximum Gasteiger partial charge on any atom is 0.332 e. The number of aliphatic carboxylic acids is 1. The van der Waals surface area contributed by atoms with Crippen LogP contribution in [0.2, 0.25) is 0 Å². The zero-order chi connectivity index (χ0) is 18.1. The number of nitrogens with zero attached hydrogens (tertiary/aromatic N) is 1. The summed E-state index contributed by atoms with van der Waals surface area (Å²) in [6, 6.07) is 31.3. The van der Waals surface area contributed by atoms with Crippen molar-refractivity contribution >= 4 is 23.0 Å². The molecule has 1 unspecified atom stereocenters. The van der Waals surface area contributed by atoms with Crippen LogP contribution in [-0.4, -0.2) is 22.3 Å². The van der Waals surface area contributed by atoms with Gasteiger partial charge in [0.15, 0.2) is 0 Å². The monoisotopic (exact) mass is 335 g/mol. The maximum atomic E-state index is 9.45. The molecule has 0 saturated heterocycles. The van der Waals surface area contributed by atoms with Gasteiger partial charge in [0.25, 0.3) is 0 Å². The van der Waals surface area contributed by atoms with Gasteiger partial charge < -0.3 is 15.1 Å². The largest absolute Gasteiger partial charge is 0.479 e. The highest BCUT2D eigenvalue weighted by Crippen LogP contribution is 2.33. The molecule has 3 rings (SSSR count). The van der Waals surface area contributed by atoms with E-state index in [1.54, 1.807) is 0 Å². The van der Waals surface area contributed by atoms with Gasteiger partial charge in [-0.1, -0.05) is 54.6 Å². The second-order valence-electron chi connectivity index (χ2n) is 5.36. The summed E-state index contributed by atoms with van der Waals surface area (Å²) in [5, 5.41) is 15.8. The number of carboxylic acids is 1. The fourth-order valence-corrected chi connectivity index (χ4v) is 2.18. The molecule has 0 aliphatic carbocycles. The standard InChI is InChI=1S/C18H15N.C3H6O3/c1-4-10-16(11-5-1)19(17-12-6-2-7-13-17)18-14-8-3-9-15-18;1-2(4)3(5)6/h1-15H;2,4H,1H3,(H,5,6). The van der Waals surface area contributed by atoms with Crippen LogP contribution < -0.4 is 4.90 Å². The first-order valence-electron chi connectivity index (χ1n) is 7.95. The lowest BCUT2D eigenvalue weighted by molar-refractivity contribution is -0.145. The molecule has 0 bridgehead atoms. The summed E-state index contributed by atoms with van der Waals surface area (Å²) < 4.78 is 0. The molecule has 3 aromatic rings. The number of hydrogen-bond donors (Lipinski definition) is 2. The van der Waals surface area contributed by atoms with E-state index in [4.69, 9.17) is 10.2 Å². The van der Waals surface area contributed by atoms with E-state index in [1.807, 2.05) is 18.2 Å². The fourth-order valence-electron chi connectivity index (χ4n) is 2.18. The molecule has 1 atom stereocenters. The predicted molar refractivity (Wildman–Crippen MR) is 100 cm³/mol. The molecule has 4 nitrogen and oxygen atoms in total. The number of para-hydroxylation sites is 3. The van der Waals surface area contributed by atoms with Crippen LogP contribution in [-0.2, 0) is 4.79 Å². The molecule has 2 N–H and O–H groups in total. The molecule has 4 heteroatoms. The third-order valence-electron chi connectivity index (χ3n) is 3.40. The van der Waals surface area contributed by atoms with E-state index in [2.05, 4.69) is 77.7 Å². The fraction of sp³-hybridized carbons (Fsp3) is 0.0952. The van der Waals surface area contributed by atoms with Gasteiger partial charge >= 0.3 is 5.97 Å². The zero-order valence-electron chi connectivity index (χ0n) is 14.0. The molecular formula is C21H21NO3. The smallest absolute Gasteiger partial charge is 0.332 e. The highest BCUT2D eigenvalue weighted by Gasteiger charge is 2.10. The number of benzene rings is 3. The van der Waals surface area contributed by atoms with Crippen molar-refractivity contribution in [3.05, 3.63) is 91.0 Å². The Kier molecular flexibility index (Phi) is 6.75. The summed E-state index contributed by atoms with van der Waals surface area (Å²) in [6.45, 7) is 1.20. The molecular weight excluding hydrogens is 314 g/mol. The van der Waals surface area contributed by atoms with Crippen molar-refractivity contribution < 1.29 is 15.0 Å². The Morgan fingerprint density at radius 2 is 0.960 bits per heavy atom. The summed E-state index contributed by atoms with van der Waals surface area (Å²) in [7, 11) is 0. The van der Waals surface area contributed by atoms with Gasteiger partial charge in [-0.2, -0.15) is 0 Å². The maximum absolute atomic E-state index is 9.45. The molecule has 0 amide bonds. The first kappa shape index (κ1) is 18.2. The number of aliphatic hydroxyl groups is 1. The predicted octanol–water partition coefficient (Wildman–Crippen LogP) is 4.61. The van der Waals surface area contributed by atoms with Crippen LogP contribution in [0.5, 0.6) is 0 Å². The van der Waals surface area contributed by atoms with Crippen molar-refractivity contribution in [2.24, 2.45) is 0 Å². The molecule has 128 valence electrons. The molecule has 0 aromatic heterocycles. The number of rotatable bonds is 4. The van der Waals surface area contributed by atoms with Crippen LogP contribution in [0.3, 0.4) is 0 Å². The quantitative estimate of drug-likeness (QED) is 0.731. The molecule has 0 heterocycles. The molecule has 0 aliphatic heterocycles. The lowest BCUT2D eigenvalue weighted by atomic mass is 10.2. The third kappa shape index (κ3) is 5.48. The lowest BCUT2D eigenvalue weighted by Crippen LogP contribution is -2.13. The highest BCUT2D eigenvalue weighted by atomic mass is 16.4. The first-order valence-corrected chi connectivity index (χ1v) is 7.95. The molecule has 25 heavy (non-hydrogen) atoms. The van der Waals surface area contributed by atoms with Crippen molar-refractivity contribution in [2.75, 3.05) is 4.90 Å². The lowest BCUT2D eigenvalue weighted by Gasteiger charge is -2.25. The van der Waals surface area contributed by atoms with E-state index in [9.17, 15) is 4.79 Å². The molecule has 0 radical (unpaired) electrons. The summed E-state index contributed by atoms with van der Waals surface area (Å²) in [6.07, 6.45) is -1.23. The normalized spacial score (nSPS) is 11.0. The number of carbonyl (C=O) groups is 1. The molecule has 0 spiro atoms. The van der Waals surface area contributed by atoms with Crippen molar-refractivity contribution in [1.29, 1.82) is 0 Å². The van der Waals surface area contributed by atoms with Gasteiger partial charge in [0.1, 0.15) is 6.10 Å². The Morgan fingerprint density at radius 3 is 1.16 bits per heavy atom. The Labute approximate surface area is 147 Å². The van der Waals surface area contributed by atoms with E-state index in [1.165, 1.54) is 24.0 Å². The van der Waals surface area contributed by atoms with Crippen molar-refractivity contribution in [3.63, 3.8) is 0 Å². The van der Waals surface area contributed by atoms with Crippen LogP contribution in [0.15, 0.2) is 91.0 Å². The third-order valence-corrected chi connectivity index (χ3v) is 3.40. The summed E-state index contributed by atoms with van der Waals surface area (Å²) in [5.41, 5.74) is 3.50. The Hall–Kier alpha value is -3.11. The Bertz CT molecular complexity index is 665. The second kappa shape index (κ2) is 9.25. The summed E-state index contributed by atoms with van der Waals surface area (Å²) in [5.74, 6) is -1.19. The molecule has 0 fully saturated rings. The summed E-state index contributed by atoms with van der Waals surface area (Å²) >= 11 is 0. The van der Waals surface area contributed by atoms with Gasteiger partial charge in [0.05, 0.1) is 0 Å². The van der Waals surface area contributed by atoms with Crippen molar-refractivity contribution in [1.82, 2.24) is 0 Å². The SMILES string of the molecule is CC(O)C(=O)O.c1ccc(N(c2ccccc2)c2ccccc2)cc1. The minimum Gasteiger partial charge on any atom is -0.479 e. The Morgan fingerprint density at radius 1 is 0.720 bits per heavy atom. The van der Waals surface area contributed by atoms with E-state index in [0.717, 1.165) is 0 Å². The van der Waals surface area contributed by atoms with Crippen LogP contribution in [0.25, 0.3) is 0 Å². The highest BCUT2D eigenvalue weighted by molar-refractivity contribution is 5.76. The number of anilines is 3. The first-order chi connectivity index (χ1) is 12.1. The topological polar surface area (TPSA) is 60.8 Å². The van der Waals surface area contributed by atoms with Crippen LogP contribution in [0.4, 0.5) is 17.1 Å². The Balaban J connectivity index is 0.000000326. The van der Waals surface area contributed by atoms with Crippen molar-refractivity contribution in [2.45, 2.75) is 13.0 Å². The number of aliphatic hydroxyl groups excluding tert-OH is 1. The van der Waals surface area contributed by atoms with Crippen molar-refractivity contribution in [3.8, 4) is 0 Å². The zero-order valence-corrected chi connectivity index (χ0v) is 14.0. The van der Waals surface area contributed by atoms with E-state index in [0.29, 0.717) is 0 Å². The molecule has 0 aliphatic rings. The van der Waals surface area contributed by atoms with Gasteiger partial charge in [-0.25, -0.2) is 4.79 Å². The number of carboxylic acid groups (broad SMARTS) is 1. The van der Waals surface area contributed by atoms with Crippen LogP contribution >= 0.6 is 0 Å². The van der Waals surface area contributed by atoms with Gasteiger partial charge in [-0.15, -0.1) is 0 Å². The average Bonchev–Trinajstić information content (AvgIpc) is 2.65. The van der Waals surface area contributed by atoms with Crippen LogP contribution in [0, 0.1) is 0 Å². The van der Waals surface area contributed by atoms with Gasteiger partial charge in [-0.05, 0) is 43.3 Å². The minimum atomic E-state index is -1.23. The second-order valence-corrected chi connectivity index (χ2v) is 5.36. The molecule has 0 saturated carbocycles.